The van der Waals surface area contributed by atoms with E-state index in [-0.39, 0.29) is 24.1 Å². The lowest BCUT2D eigenvalue weighted by atomic mass is 9.97. The molecule has 1 fully saturated rings. The Balaban J connectivity index is 1.51. The van der Waals surface area contributed by atoms with Crippen molar-refractivity contribution < 1.29 is 4.79 Å². The number of hydrogen-bond donors (Lipinski definition) is 1. The molecular formula is C20H23N5O2. The summed E-state index contributed by atoms with van der Waals surface area (Å²) in [5.41, 5.74) is 3.02. The molecule has 0 saturated carbocycles. The van der Waals surface area contributed by atoms with Gasteiger partial charge in [0.05, 0.1) is 11.0 Å². The van der Waals surface area contributed by atoms with E-state index in [4.69, 9.17) is 4.98 Å². The van der Waals surface area contributed by atoms with E-state index in [9.17, 15) is 9.59 Å². The van der Waals surface area contributed by atoms with E-state index in [1.807, 2.05) is 42.2 Å². The van der Waals surface area contributed by atoms with Crippen LogP contribution in [-0.4, -0.2) is 43.4 Å². The first-order valence-corrected chi connectivity index (χ1v) is 9.29. The molecule has 1 saturated heterocycles. The monoisotopic (exact) mass is 365 g/mol. The molecular weight excluding hydrogens is 342 g/mol. The number of para-hydroxylation sites is 2. The second kappa shape index (κ2) is 6.98. The third kappa shape index (κ3) is 3.49. The van der Waals surface area contributed by atoms with E-state index >= 15 is 0 Å². The number of aromatic amines is 1. The molecule has 1 aromatic carbocycles. The summed E-state index contributed by atoms with van der Waals surface area (Å²) in [7, 11) is 0. The number of rotatable bonds is 3. The number of nitrogens with zero attached hydrogens (tertiary/aromatic N) is 4. The Hall–Kier alpha value is -2.96. The lowest BCUT2D eigenvalue weighted by Gasteiger charge is -2.32. The fourth-order valence-corrected chi connectivity index (χ4v) is 3.79. The predicted octanol–water partition coefficient (Wildman–Crippen LogP) is 2.14. The highest BCUT2D eigenvalue weighted by Crippen LogP contribution is 2.26. The fraction of sp³-hybridized carbons (Fsp3) is 0.400. The van der Waals surface area contributed by atoms with Crippen LogP contribution in [0.3, 0.4) is 0 Å². The maximum Gasteiger partial charge on any atom is 0.348 e. The zero-order valence-corrected chi connectivity index (χ0v) is 15.6. The van der Waals surface area contributed by atoms with Crippen LogP contribution in [0.5, 0.6) is 0 Å². The minimum absolute atomic E-state index is 0.0325. The van der Waals surface area contributed by atoms with Gasteiger partial charge in [-0.2, -0.15) is 4.98 Å². The highest BCUT2D eigenvalue weighted by Gasteiger charge is 2.27. The lowest BCUT2D eigenvalue weighted by molar-refractivity contribution is -0.133. The van der Waals surface area contributed by atoms with E-state index in [1.165, 1.54) is 4.57 Å². The van der Waals surface area contributed by atoms with Gasteiger partial charge in [0.1, 0.15) is 12.4 Å². The van der Waals surface area contributed by atoms with E-state index < -0.39 is 0 Å². The Morgan fingerprint density at radius 3 is 2.85 bits per heavy atom. The van der Waals surface area contributed by atoms with Gasteiger partial charge in [0.2, 0.25) is 5.91 Å². The van der Waals surface area contributed by atoms with Crippen LogP contribution < -0.4 is 5.69 Å². The quantitative estimate of drug-likeness (QED) is 0.771. The van der Waals surface area contributed by atoms with E-state index in [0.717, 1.165) is 35.4 Å². The van der Waals surface area contributed by atoms with Crippen LogP contribution in [0.2, 0.25) is 0 Å². The van der Waals surface area contributed by atoms with Gasteiger partial charge in [-0.25, -0.2) is 9.78 Å². The number of imidazole rings is 1. The van der Waals surface area contributed by atoms with Gasteiger partial charge in [-0.15, -0.1) is 0 Å². The van der Waals surface area contributed by atoms with Gasteiger partial charge in [0.15, 0.2) is 0 Å². The van der Waals surface area contributed by atoms with Crippen molar-refractivity contribution in [3.8, 4) is 0 Å². The SMILES string of the molecule is Cc1cc(C)n(CC(=O)N2CCC[C@@H](c3nc4ccccc4[nH]3)C2)c(=O)n1. The molecule has 2 aromatic heterocycles. The minimum Gasteiger partial charge on any atom is -0.342 e. The van der Waals surface area contributed by atoms with E-state index in [1.54, 1.807) is 6.92 Å². The fourth-order valence-electron chi connectivity index (χ4n) is 3.79. The molecule has 7 heteroatoms. The van der Waals surface area contributed by atoms with Gasteiger partial charge in [-0.1, -0.05) is 12.1 Å². The third-order valence-electron chi connectivity index (χ3n) is 5.21. The Bertz CT molecular complexity index is 1020. The molecule has 0 radical (unpaired) electrons. The third-order valence-corrected chi connectivity index (χ3v) is 5.21. The molecule has 1 atom stereocenters. The highest BCUT2D eigenvalue weighted by molar-refractivity contribution is 5.77. The molecule has 0 aliphatic carbocycles. The molecule has 1 N–H and O–H groups in total. The number of amides is 1. The van der Waals surface area contributed by atoms with Crippen LogP contribution in [0.25, 0.3) is 11.0 Å². The molecule has 0 spiro atoms. The molecule has 27 heavy (non-hydrogen) atoms. The summed E-state index contributed by atoms with van der Waals surface area (Å²) in [6.07, 6.45) is 1.92. The van der Waals surface area contributed by atoms with Crippen molar-refractivity contribution in [2.24, 2.45) is 0 Å². The number of carbonyl (C=O) groups is 1. The van der Waals surface area contributed by atoms with Crippen LogP contribution in [0.4, 0.5) is 0 Å². The van der Waals surface area contributed by atoms with Gasteiger partial charge in [0, 0.05) is 30.4 Å². The summed E-state index contributed by atoms with van der Waals surface area (Å²) < 4.78 is 1.44. The summed E-state index contributed by atoms with van der Waals surface area (Å²) in [4.78, 5) is 38.8. The summed E-state index contributed by atoms with van der Waals surface area (Å²) in [5, 5.41) is 0. The summed E-state index contributed by atoms with van der Waals surface area (Å²) >= 11 is 0. The number of piperidine rings is 1. The summed E-state index contributed by atoms with van der Waals surface area (Å²) in [5.74, 6) is 1.06. The normalized spacial score (nSPS) is 17.4. The predicted molar refractivity (Wildman–Crippen MR) is 103 cm³/mol. The van der Waals surface area contributed by atoms with Crippen LogP contribution in [0, 0.1) is 13.8 Å². The molecule has 4 rings (SSSR count). The number of carbonyl (C=O) groups excluding carboxylic acids is 1. The smallest absolute Gasteiger partial charge is 0.342 e. The maximum atomic E-state index is 12.8. The van der Waals surface area contributed by atoms with Gasteiger partial charge in [-0.05, 0) is 44.9 Å². The summed E-state index contributed by atoms with van der Waals surface area (Å²) in [6, 6.07) is 9.77. The van der Waals surface area contributed by atoms with Crippen molar-refractivity contribution in [1.82, 2.24) is 24.4 Å². The number of aryl methyl sites for hydroxylation is 2. The van der Waals surface area contributed by atoms with Crippen molar-refractivity contribution in [3.05, 3.63) is 58.0 Å². The molecule has 3 aromatic rings. The largest absolute Gasteiger partial charge is 0.348 e. The number of aromatic nitrogens is 4. The molecule has 1 aliphatic rings. The number of nitrogens with one attached hydrogen (secondary N) is 1. The van der Waals surface area contributed by atoms with Crippen molar-refractivity contribution in [3.63, 3.8) is 0 Å². The molecule has 1 amide bonds. The van der Waals surface area contributed by atoms with Crippen LogP contribution >= 0.6 is 0 Å². The average Bonchev–Trinajstić information content (AvgIpc) is 3.09. The van der Waals surface area contributed by atoms with Crippen molar-refractivity contribution >= 4 is 16.9 Å². The first-order chi connectivity index (χ1) is 13.0. The highest BCUT2D eigenvalue weighted by atomic mass is 16.2. The van der Waals surface area contributed by atoms with E-state index in [2.05, 4.69) is 9.97 Å². The van der Waals surface area contributed by atoms with Gasteiger partial charge in [0.25, 0.3) is 0 Å². The Labute approximate surface area is 157 Å². The number of likely N-dealkylation sites (tertiary alicyclic amines) is 1. The maximum absolute atomic E-state index is 12.8. The number of hydrogen-bond acceptors (Lipinski definition) is 4. The van der Waals surface area contributed by atoms with Crippen molar-refractivity contribution in [2.45, 2.75) is 39.2 Å². The number of benzene rings is 1. The van der Waals surface area contributed by atoms with Gasteiger partial charge in [-0.3, -0.25) is 9.36 Å². The second-order valence-electron chi connectivity index (χ2n) is 7.23. The lowest BCUT2D eigenvalue weighted by Crippen LogP contribution is -2.43. The Morgan fingerprint density at radius 1 is 1.26 bits per heavy atom. The Morgan fingerprint density at radius 2 is 2.07 bits per heavy atom. The van der Waals surface area contributed by atoms with Crippen molar-refractivity contribution in [1.29, 1.82) is 0 Å². The van der Waals surface area contributed by atoms with Gasteiger partial charge < -0.3 is 9.88 Å². The zero-order chi connectivity index (χ0) is 19.0. The number of H-pyrrole nitrogens is 1. The Kier molecular flexibility index (Phi) is 4.51. The standard InChI is InChI=1S/C20H23N5O2/c1-13-10-14(2)25(20(27)21-13)12-18(26)24-9-5-6-15(11-24)19-22-16-7-3-4-8-17(16)23-19/h3-4,7-8,10,15H,5-6,9,11-12H2,1-2H3,(H,22,23)/t15-/m1/s1. The molecule has 0 unspecified atom stereocenters. The topological polar surface area (TPSA) is 83.9 Å². The van der Waals surface area contributed by atoms with Gasteiger partial charge >= 0.3 is 5.69 Å². The summed E-state index contributed by atoms with van der Waals surface area (Å²) in [6.45, 7) is 4.97. The molecule has 7 nitrogen and oxygen atoms in total. The first kappa shape index (κ1) is 17.5. The second-order valence-corrected chi connectivity index (χ2v) is 7.23. The molecule has 1 aliphatic heterocycles. The first-order valence-electron chi connectivity index (χ1n) is 9.29. The molecule has 3 heterocycles. The van der Waals surface area contributed by atoms with Crippen LogP contribution in [0.15, 0.2) is 35.1 Å². The average molecular weight is 365 g/mol. The van der Waals surface area contributed by atoms with Crippen LogP contribution in [-0.2, 0) is 11.3 Å². The zero-order valence-electron chi connectivity index (χ0n) is 15.6. The van der Waals surface area contributed by atoms with E-state index in [0.29, 0.717) is 18.8 Å². The van der Waals surface area contributed by atoms with Crippen LogP contribution in [0.1, 0.15) is 36.0 Å². The molecule has 0 bridgehead atoms. The minimum atomic E-state index is -0.369. The number of fused-ring (bicyclic) bond motifs is 1. The molecule has 140 valence electrons. The van der Waals surface area contributed by atoms with Crippen molar-refractivity contribution in [2.75, 3.05) is 13.1 Å².